The van der Waals surface area contributed by atoms with Crippen molar-refractivity contribution in [3.8, 4) is 0 Å². The quantitative estimate of drug-likeness (QED) is 0.607. The molecule has 3 N–H and O–H groups in total. The predicted molar refractivity (Wildman–Crippen MR) is 98.7 cm³/mol. The fraction of sp³-hybridized carbons (Fsp3) is 0.421. The van der Waals surface area contributed by atoms with Crippen molar-refractivity contribution in [3.05, 3.63) is 54.4 Å². The van der Waals surface area contributed by atoms with E-state index in [2.05, 4.69) is 15.7 Å². The molecule has 1 aromatic carbocycles. The SMILES string of the molecule is CC(CNC(=O)NC(CCC(=O)O)Cc1ccccc1)Cn1cccn1. The molecule has 140 valence electrons. The molecule has 2 rings (SSSR count). The van der Waals surface area contributed by atoms with Crippen LogP contribution in [0.15, 0.2) is 48.8 Å². The Hall–Kier alpha value is -2.83. The maximum absolute atomic E-state index is 12.2. The van der Waals surface area contributed by atoms with Crippen molar-refractivity contribution < 1.29 is 14.7 Å². The minimum absolute atomic E-state index is 0.0213. The highest BCUT2D eigenvalue weighted by Gasteiger charge is 2.15. The molecule has 0 saturated heterocycles. The van der Waals surface area contributed by atoms with E-state index in [1.807, 2.05) is 54.2 Å². The van der Waals surface area contributed by atoms with Crippen molar-refractivity contribution >= 4 is 12.0 Å². The molecule has 2 unspecified atom stereocenters. The number of aromatic nitrogens is 2. The van der Waals surface area contributed by atoms with E-state index in [1.165, 1.54) is 0 Å². The largest absolute Gasteiger partial charge is 0.481 e. The molecular weight excluding hydrogens is 332 g/mol. The minimum Gasteiger partial charge on any atom is -0.481 e. The number of carbonyl (C=O) groups excluding carboxylic acids is 1. The molecule has 0 bridgehead atoms. The van der Waals surface area contributed by atoms with Gasteiger partial charge < -0.3 is 15.7 Å². The number of amides is 2. The van der Waals surface area contributed by atoms with Gasteiger partial charge in [-0.15, -0.1) is 0 Å². The minimum atomic E-state index is -0.863. The standard InChI is InChI=1S/C19H26N4O3/c1-15(14-23-11-5-10-21-23)13-20-19(26)22-17(8-9-18(24)25)12-16-6-3-2-4-7-16/h2-7,10-11,15,17H,8-9,12-14H2,1H3,(H,24,25)(H2,20,22,26). The highest BCUT2D eigenvalue weighted by molar-refractivity contribution is 5.74. The van der Waals surface area contributed by atoms with Crippen LogP contribution in [0.25, 0.3) is 0 Å². The van der Waals surface area contributed by atoms with Gasteiger partial charge in [-0.3, -0.25) is 9.48 Å². The lowest BCUT2D eigenvalue weighted by Gasteiger charge is -2.20. The Kier molecular flexibility index (Phi) is 7.67. The number of hydrogen-bond acceptors (Lipinski definition) is 3. The Morgan fingerprint density at radius 2 is 2.00 bits per heavy atom. The second-order valence-electron chi connectivity index (χ2n) is 6.51. The molecule has 1 aromatic heterocycles. The average molecular weight is 358 g/mol. The molecule has 0 aliphatic carbocycles. The third kappa shape index (κ3) is 7.38. The molecule has 2 amide bonds. The van der Waals surface area contributed by atoms with Crippen LogP contribution in [0, 0.1) is 5.92 Å². The van der Waals surface area contributed by atoms with Gasteiger partial charge in [0.05, 0.1) is 0 Å². The summed E-state index contributed by atoms with van der Waals surface area (Å²) in [7, 11) is 0. The third-order valence-electron chi connectivity index (χ3n) is 4.04. The number of carboxylic acid groups (broad SMARTS) is 1. The number of aliphatic carboxylic acids is 1. The van der Waals surface area contributed by atoms with E-state index in [4.69, 9.17) is 5.11 Å². The predicted octanol–water partition coefficient (Wildman–Crippen LogP) is 2.29. The van der Waals surface area contributed by atoms with E-state index in [0.29, 0.717) is 19.4 Å². The van der Waals surface area contributed by atoms with Gasteiger partial charge in [0.25, 0.3) is 0 Å². The van der Waals surface area contributed by atoms with Crippen molar-refractivity contribution in [3.63, 3.8) is 0 Å². The summed E-state index contributed by atoms with van der Waals surface area (Å²) < 4.78 is 1.83. The fourth-order valence-corrected chi connectivity index (χ4v) is 2.72. The van der Waals surface area contributed by atoms with Crippen molar-refractivity contribution in [1.82, 2.24) is 20.4 Å². The van der Waals surface area contributed by atoms with Crippen molar-refractivity contribution in [2.45, 2.75) is 38.8 Å². The van der Waals surface area contributed by atoms with Gasteiger partial charge >= 0.3 is 12.0 Å². The summed E-state index contributed by atoms with van der Waals surface area (Å²) >= 11 is 0. The van der Waals surface area contributed by atoms with Gasteiger partial charge in [-0.05, 0) is 30.4 Å². The monoisotopic (exact) mass is 358 g/mol. The molecule has 2 atom stereocenters. The van der Waals surface area contributed by atoms with Gasteiger partial charge in [0.2, 0.25) is 0 Å². The average Bonchev–Trinajstić information content (AvgIpc) is 3.12. The molecule has 0 spiro atoms. The Labute approximate surface area is 153 Å². The second kappa shape index (κ2) is 10.2. The van der Waals surface area contributed by atoms with Crippen molar-refractivity contribution in [1.29, 1.82) is 0 Å². The number of nitrogens with one attached hydrogen (secondary N) is 2. The molecule has 0 aliphatic rings. The Balaban J connectivity index is 1.81. The highest BCUT2D eigenvalue weighted by atomic mass is 16.4. The molecule has 1 heterocycles. The summed E-state index contributed by atoms with van der Waals surface area (Å²) in [5.41, 5.74) is 1.07. The van der Waals surface area contributed by atoms with Crippen molar-refractivity contribution in [2.24, 2.45) is 5.92 Å². The van der Waals surface area contributed by atoms with E-state index >= 15 is 0 Å². The first-order valence-corrected chi connectivity index (χ1v) is 8.80. The van der Waals surface area contributed by atoms with Gasteiger partial charge in [-0.1, -0.05) is 37.3 Å². The normalized spacial score (nSPS) is 13.0. The summed E-state index contributed by atoms with van der Waals surface area (Å²) in [5.74, 6) is -0.634. The zero-order valence-electron chi connectivity index (χ0n) is 15.0. The smallest absolute Gasteiger partial charge is 0.315 e. The van der Waals surface area contributed by atoms with Crippen LogP contribution in [-0.2, 0) is 17.8 Å². The molecule has 2 aromatic rings. The van der Waals surface area contributed by atoms with E-state index < -0.39 is 5.97 Å². The molecular formula is C19H26N4O3. The van der Waals surface area contributed by atoms with Crippen LogP contribution in [0.3, 0.4) is 0 Å². The van der Waals surface area contributed by atoms with Crippen LogP contribution >= 0.6 is 0 Å². The number of hydrogen-bond donors (Lipinski definition) is 3. The van der Waals surface area contributed by atoms with Crippen LogP contribution in [0.4, 0.5) is 4.79 Å². The first kappa shape index (κ1) is 19.5. The third-order valence-corrected chi connectivity index (χ3v) is 4.04. The van der Waals surface area contributed by atoms with Crippen LogP contribution in [0.2, 0.25) is 0 Å². The number of rotatable bonds is 10. The van der Waals surface area contributed by atoms with Crippen LogP contribution in [-0.4, -0.2) is 39.5 Å². The lowest BCUT2D eigenvalue weighted by molar-refractivity contribution is -0.137. The van der Waals surface area contributed by atoms with Crippen molar-refractivity contribution in [2.75, 3.05) is 6.54 Å². The summed E-state index contributed by atoms with van der Waals surface area (Å²) in [6.07, 6.45) is 4.63. The molecule has 0 aliphatic heterocycles. The summed E-state index contributed by atoms with van der Waals surface area (Å²) in [4.78, 5) is 23.1. The summed E-state index contributed by atoms with van der Waals surface area (Å²) in [6.45, 7) is 3.27. The second-order valence-corrected chi connectivity index (χ2v) is 6.51. The van der Waals surface area contributed by atoms with Gasteiger partial charge in [0.15, 0.2) is 0 Å². The van der Waals surface area contributed by atoms with Gasteiger partial charge in [0.1, 0.15) is 0 Å². The van der Waals surface area contributed by atoms with E-state index in [-0.39, 0.29) is 24.4 Å². The zero-order chi connectivity index (χ0) is 18.8. The number of carbonyl (C=O) groups is 2. The zero-order valence-corrected chi connectivity index (χ0v) is 15.0. The topological polar surface area (TPSA) is 96.3 Å². The first-order chi connectivity index (χ1) is 12.5. The van der Waals surface area contributed by atoms with Gasteiger partial charge in [0, 0.05) is 37.9 Å². The number of carboxylic acids is 1. The summed E-state index contributed by atoms with van der Waals surface area (Å²) in [5, 5.41) is 18.8. The molecule has 7 nitrogen and oxygen atoms in total. The molecule has 26 heavy (non-hydrogen) atoms. The maximum Gasteiger partial charge on any atom is 0.315 e. The van der Waals surface area contributed by atoms with Crippen LogP contribution in [0.5, 0.6) is 0 Å². The number of urea groups is 1. The number of nitrogens with zero attached hydrogens (tertiary/aromatic N) is 2. The van der Waals surface area contributed by atoms with E-state index in [1.54, 1.807) is 6.20 Å². The van der Waals surface area contributed by atoms with E-state index in [9.17, 15) is 9.59 Å². The molecule has 7 heteroatoms. The first-order valence-electron chi connectivity index (χ1n) is 8.80. The Morgan fingerprint density at radius 1 is 1.23 bits per heavy atom. The lowest BCUT2D eigenvalue weighted by atomic mass is 10.0. The molecule has 0 saturated carbocycles. The van der Waals surface area contributed by atoms with E-state index in [0.717, 1.165) is 12.1 Å². The van der Waals surface area contributed by atoms with Crippen LogP contribution in [0.1, 0.15) is 25.3 Å². The van der Waals surface area contributed by atoms with Gasteiger partial charge in [-0.2, -0.15) is 5.10 Å². The van der Waals surface area contributed by atoms with Crippen LogP contribution < -0.4 is 10.6 Å². The Bertz CT molecular complexity index is 673. The summed E-state index contributed by atoms with van der Waals surface area (Å²) in [6, 6.07) is 11.1. The fourth-order valence-electron chi connectivity index (χ4n) is 2.72. The maximum atomic E-state index is 12.2. The lowest BCUT2D eigenvalue weighted by Crippen LogP contribution is -2.44. The molecule has 0 fully saturated rings. The highest BCUT2D eigenvalue weighted by Crippen LogP contribution is 2.08. The number of benzene rings is 1. The Morgan fingerprint density at radius 3 is 2.65 bits per heavy atom. The van der Waals surface area contributed by atoms with Gasteiger partial charge in [-0.25, -0.2) is 4.79 Å². The molecule has 0 radical (unpaired) electrons.